The van der Waals surface area contributed by atoms with Gasteiger partial charge in [0.05, 0.1) is 19.8 Å². The van der Waals surface area contributed by atoms with Crippen molar-refractivity contribution in [3.63, 3.8) is 0 Å². The molecular weight excluding hydrogens is 380 g/mol. The van der Waals surface area contributed by atoms with Crippen molar-refractivity contribution in [2.24, 2.45) is 0 Å². The predicted molar refractivity (Wildman–Crippen MR) is 90.1 cm³/mol. The number of aliphatic hydroxyl groups is 1. The molecule has 24 heavy (non-hydrogen) atoms. The van der Waals surface area contributed by atoms with Crippen LogP contribution in [0.5, 0.6) is 5.75 Å². The lowest BCUT2D eigenvalue weighted by Crippen LogP contribution is -2.43. The molecule has 5 atom stereocenters. The average molecular weight is 403 g/mol. The van der Waals surface area contributed by atoms with E-state index in [9.17, 15) is 5.11 Å². The summed E-state index contributed by atoms with van der Waals surface area (Å²) in [5.74, 6) is 0.0753. The van der Waals surface area contributed by atoms with E-state index in [1.165, 1.54) is 0 Å². The van der Waals surface area contributed by atoms with Crippen LogP contribution in [0, 0.1) is 0 Å². The molecule has 2 saturated heterocycles. The number of halogens is 1. The third kappa shape index (κ3) is 3.76. The van der Waals surface area contributed by atoms with Gasteiger partial charge >= 0.3 is 0 Å². The molecule has 6 nitrogen and oxygen atoms in total. The van der Waals surface area contributed by atoms with Crippen LogP contribution >= 0.6 is 15.9 Å². The normalized spacial score (nSPS) is 32.5. The number of methoxy groups -OCH3 is 1. The van der Waals surface area contributed by atoms with Gasteiger partial charge in [-0.15, -0.1) is 0 Å². The third-order valence-electron chi connectivity index (χ3n) is 4.17. The third-order valence-corrected chi connectivity index (χ3v) is 4.83. The van der Waals surface area contributed by atoms with Crippen LogP contribution in [0.1, 0.15) is 19.4 Å². The Hall–Kier alpha value is -0.700. The molecule has 2 heterocycles. The minimum Gasteiger partial charge on any atom is -0.497 e. The summed E-state index contributed by atoms with van der Waals surface area (Å²) in [6, 6.07) is 7.65. The van der Waals surface area contributed by atoms with Crippen molar-refractivity contribution < 1.29 is 28.8 Å². The molecule has 3 rings (SSSR count). The highest BCUT2D eigenvalue weighted by molar-refractivity contribution is 9.09. The Bertz CT molecular complexity index is 549. The van der Waals surface area contributed by atoms with E-state index >= 15 is 0 Å². The molecule has 0 amide bonds. The highest BCUT2D eigenvalue weighted by atomic mass is 79.9. The Labute approximate surface area is 150 Å². The molecule has 1 aromatic rings. The zero-order chi connectivity index (χ0) is 17.3. The fourth-order valence-electron chi connectivity index (χ4n) is 3.01. The lowest BCUT2D eigenvalue weighted by atomic mass is 10.1. The molecule has 0 spiro atoms. The maximum Gasteiger partial charge on any atom is 0.190 e. The lowest BCUT2D eigenvalue weighted by Gasteiger charge is -2.28. The molecule has 0 aromatic heterocycles. The van der Waals surface area contributed by atoms with Crippen LogP contribution in [0.25, 0.3) is 0 Å². The van der Waals surface area contributed by atoms with Crippen molar-refractivity contribution in [2.45, 2.75) is 56.9 Å². The monoisotopic (exact) mass is 402 g/mol. The molecular formula is C17H23BrO6. The van der Waals surface area contributed by atoms with Crippen molar-refractivity contribution >= 4 is 15.9 Å². The van der Waals surface area contributed by atoms with Gasteiger partial charge in [-0.05, 0) is 31.5 Å². The highest BCUT2D eigenvalue weighted by Gasteiger charge is 2.56. The van der Waals surface area contributed by atoms with Gasteiger partial charge in [0.15, 0.2) is 12.1 Å². The molecule has 1 aromatic carbocycles. The molecule has 0 radical (unpaired) electrons. The Morgan fingerprint density at radius 1 is 1.25 bits per heavy atom. The summed E-state index contributed by atoms with van der Waals surface area (Å²) in [5, 5.41) is 10.6. The maximum atomic E-state index is 10.2. The zero-order valence-corrected chi connectivity index (χ0v) is 15.6. The Balaban J connectivity index is 1.69. The van der Waals surface area contributed by atoms with Gasteiger partial charge in [0.1, 0.15) is 24.1 Å². The smallest absolute Gasteiger partial charge is 0.190 e. The number of ether oxygens (including phenoxy) is 5. The van der Waals surface area contributed by atoms with E-state index in [2.05, 4.69) is 15.9 Å². The second-order valence-electron chi connectivity index (χ2n) is 6.41. The number of rotatable bonds is 6. The first-order valence-corrected chi connectivity index (χ1v) is 9.05. The second kappa shape index (κ2) is 7.27. The van der Waals surface area contributed by atoms with Crippen LogP contribution in [0.4, 0.5) is 0 Å². The van der Waals surface area contributed by atoms with Gasteiger partial charge in [0.2, 0.25) is 0 Å². The van der Waals surface area contributed by atoms with E-state index in [-0.39, 0.29) is 6.10 Å². The summed E-state index contributed by atoms with van der Waals surface area (Å²) in [5.41, 5.74) is 1.00. The minimum atomic E-state index is -0.721. The Morgan fingerprint density at radius 3 is 2.58 bits per heavy atom. The second-order valence-corrected chi connectivity index (χ2v) is 7.06. The fourth-order valence-corrected chi connectivity index (χ4v) is 3.37. The number of alkyl halides is 1. The first kappa shape index (κ1) is 18.1. The van der Waals surface area contributed by atoms with E-state index in [1.807, 2.05) is 38.1 Å². The van der Waals surface area contributed by atoms with Gasteiger partial charge in [-0.25, -0.2) is 0 Å². The van der Waals surface area contributed by atoms with Crippen molar-refractivity contribution in [1.82, 2.24) is 0 Å². The van der Waals surface area contributed by atoms with E-state index in [1.54, 1.807) is 7.11 Å². The number of hydrogen-bond donors (Lipinski definition) is 1. The molecule has 0 aliphatic carbocycles. The van der Waals surface area contributed by atoms with Crippen LogP contribution in [0.15, 0.2) is 24.3 Å². The largest absolute Gasteiger partial charge is 0.497 e. The van der Waals surface area contributed by atoms with Gasteiger partial charge in [0, 0.05) is 5.33 Å². The number of fused-ring (bicyclic) bond motifs is 1. The van der Waals surface area contributed by atoms with E-state index in [0.29, 0.717) is 11.9 Å². The van der Waals surface area contributed by atoms with Gasteiger partial charge in [-0.3, -0.25) is 0 Å². The van der Waals surface area contributed by atoms with Crippen LogP contribution in [-0.2, 0) is 25.6 Å². The molecule has 2 aliphatic heterocycles. The molecule has 0 saturated carbocycles. The van der Waals surface area contributed by atoms with Crippen LogP contribution in [-0.4, -0.2) is 54.0 Å². The minimum absolute atomic E-state index is 0.364. The van der Waals surface area contributed by atoms with E-state index in [4.69, 9.17) is 23.7 Å². The number of hydrogen-bond acceptors (Lipinski definition) is 6. The van der Waals surface area contributed by atoms with Crippen LogP contribution in [0.2, 0.25) is 0 Å². The topological polar surface area (TPSA) is 66.4 Å². The van der Waals surface area contributed by atoms with Crippen molar-refractivity contribution in [3.8, 4) is 5.75 Å². The summed E-state index contributed by atoms with van der Waals surface area (Å²) in [6.07, 6.45) is -2.51. The van der Waals surface area contributed by atoms with Gasteiger partial charge < -0.3 is 28.8 Å². The lowest BCUT2D eigenvalue weighted by molar-refractivity contribution is -0.228. The molecule has 1 N–H and O–H groups in total. The van der Waals surface area contributed by atoms with E-state index in [0.717, 1.165) is 11.3 Å². The summed E-state index contributed by atoms with van der Waals surface area (Å²) in [7, 11) is 1.63. The van der Waals surface area contributed by atoms with Crippen molar-refractivity contribution in [3.05, 3.63) is 29.8 Å². The predicted octanol–water partition coefficient (Wildman–Crippen LogP) is 2.21. The zero-order valence-electron chi connectivity index (χ0n) is 14.0. The Morgan fingerprint density at radius 2 is 1.96 bits per heavy atom. The fraction of sp³-hybridized carbons (Fsp3) is 0.647. The van der Waals surface area contributed by atoms with Crippen LogP contribution in [0.3, 0.4) is 0 Å². The number of benzene rings is 1. The average Bonchev–Trinajstić information content (AvgIpc) is 3.04. The Kier molecular flexibility index (Phi) is 5.48. The first-order valence-electron chi connectivity index (χ1n) is 7.93. The molecule has 2 fully saturated rings. The molecule has 7 heteroatoms. The van der Waals surface area contributed by atoms with Gasteiger partial charge in [-0.2, -0.15) is 0 Å². The SMILES string of the molecule is COc1ccc(CO[C@@H]2[C@H]3OC(C)(C)O[C@H]3O[C@@H]2[C@H](O)CBr)cc1. The summed E-state index contributed by atoms with van der Waals surface area (Å²) >= 11 is 3.29. The van der Waals surface area contributed by atoms with Crippen molar-refractivity contribution in [1.29, 1.82) is 0 Å². The first-order chi connectivity index (χ1) is 11.4. The summed E-state index contributed by atoms with van der Waals surface area (Å²) in [4.78, 5) is 0. The van der Waals surface area contributed by atoms with E-state index < -0.39 is 30.4 Å². The maximum absolute atomic E-state index is 10.2. The van der Waals surface area contributed by atoms with Gasteiger partial charge in [0.25, 0.3) is 0 Å². The molecule has 0 unspecified atom stereocenters. The van der Waals surface area contributed by atoms with Crippen molar-refractivity contribution in [2.75, 3.05) is 12.4 Å². The standard InChI is InChI=1S/C17H23BrO6/c1-17(2)23-15-14(13(12(19)8-18)22-16(15)24-17)21-9-10-4-6-11(20-3)7-5-10/h4-7,12-16,19H,8-9H2,1-3H3/t12-,13-,14+,15-,16-/m1/s1. The summed E-state index contributed by atoms with van der Waals surface area (Å²) in [6.45, 7) is 4.06. The highest BCUT2D eigenvalue weighted by Crippen LogP contribution is 2.40. The number of aliphatic hydroxyl groups excluding tert-OH is 1. The van der Waals surface area contributed by atoms with Gasteiger partial charge in [-0.1, -0.05) is 28.1 Å². The molecule has 2 aliphatic rings. The quantitative estimate of drug-likeness (QED) is 0.735. The molecule has 0 bridgehead atoms. The van der Waals surface area contributed by atoms with Crippen LogP contribution < -0.4 is 4.74 Å². The molecule has 134 valence electrons. The summed E-state index contributed by atoms with van der Waals surface area (Å²) < 4.78 is 28.7.